The van der Waals surface area contributed by atoms with Crippen molar-refractivity contribution in [2.45, 2.75) is 39.9 Å². The number of nitrogens with zero attached hydrogens (tertiary/aromatic N) is 4. The van der Waals surface area contributed by atoms with E-state index in [1.54, 1.807) is 12.4 Å². The molecule has 0 saturated heterocycles. The van der Waals surface area contributed by atoms with Crippen molar-refractivity contribution in [2.24, 2.45) is 0 Å². The predicted octanol–water partition coefficient (Wildman–Crippen LogP) is 5.40. The average Bonchev–Trinajstić information content (AvgIpc) is 3.16. The summed E-state index contributed by atoms with van der Waals surface area (Å²) in [7, 11) is 0. The highest BCUT2D eigenvalue weighted by Gasteiger charge is 2.39. The van der Waals surface area contributed by atoms with Crippen LogP contribution in [0.5, 0.6) is 0 Å². The van der Waals surface area contributed by atoms with Crippen LogP contribution in [0.15, 0.2) is 53.2 Å². The van der Waals surface area contributed by atoms with E-state index < -0.39 is 6.02 Å². The molecule has 4 aromatic rings. The van der Waals surface area contributed by atoms with E-state index in [4.69, 9.17) is 5.79 Å². The summed E-state index contributed by atoms with van der Waals surface area (Å²) in [6, 6.07) is 11.5. The highest BCUT2D eigenvalue weighted by atomic mass is 16.3. The van der Waals surface area contributed by atoms with Crippen molar-refractivity contribution in [1.82, 2.24) is 9.97 Å². The molecular weight excluding hydrogens is 336 g/mol. The second-order valence-electron chi connectivity index (χ2n) is 7.23. The van der Waals surface area contributed by atoms with E-state index in [-0.39, 0.29) is 6.17 Å². The zero-order valence-electron chi connectivity index (χ0n) is 16.9. The standard InChI is InChI=1S/C22H22N4O/c1-13(2)25-15(4)26(22-21(25)23-11-12-24-22)19-14(3)9-10-17-16-7-5-6-8-18(16)27-20(17)19/h5-13,15H,1-4H3/t15-/m0/s1/i13D. The quantitative estimate of drug-likeness (QED) is 0.480. The van der Waals surface area contributed by atoms with Gasteiger partial charge in [-0.2, -0.15) is 0 Å². The third-order valence-electron chi connectivity index (χ3n) is 5.31. The number of rotatable bonds is 2. The van der Waals surface area contributed by atoms with Crippen molar-refractivity contribution in [2.75, 3.05) is 9.80 Å². The molecule has 0 unspecified atom stereocenters. The topological polar surface area (TPSA) is 45.4 Å². The molecule has 27 heavy (non-hydrogen) atoms. The number of hydrogen-bond donors (Lipinski definition) is 0. The zero-order chi connectivity index (χ0) is 19.6. The van der Waals surface area contributed by atoms with E-state index in [0.717, 1.165) is 44.8 Å². The molecule has 5 rings (SSSR count). The van der Waals surface area contributed by atoms with Crippen molar-refractivity contribution in [1.29, 1.82) is 0 Å². The first-order valence-electron chi connectivity index (χ1n) is 9.68. The lowest BCUT2D eigenvalue weighted by molar-refractivity contribution is 0.598. The van der Waals surface area contributed by atoms with Crippen LogP contribution in [0.25, 0.3) is 21.9 Å². The molecule has 136 valence electrons. The van der Waals surface area contributed by atoms with Crippen LogP contribution in [0.2, 0.25) is 0 Å². The molecule has 3 heterocycles. The number of para-hydroxylation sites is 1. The van der Waals surface area contributed by atoms with Gasteiger partial charge in [0.2, 0.25) is 0 Å². The minimum absolute atomic E-state index is 0.123. The second kappa shape index (κ2) is 5.71. The molecule has 1 aliphatic heterocycles. The molecule has 0 amide bonds. The van der Waals surface area contributed by atoms with Crippen molar-refractivity contribution >= 4 is 39.3 Å². The highest BCUT2D eigenvalue weighted by molar-refractivity contribution is 6.10. The summed E-state index contributed by atoms with van der Waals surface area (Å²) in [6.07, 6.45) is 3.26. The van der Waals surface area contributed by atoms with Crippen molar-refractivity contribution in [3.05, 3.63) is 54.4 Å². The Hall–Kier alpha value is -3.08. The Morgan fingerprint density at radius 1 is 1.04 bits per heavy atom. The summed E-state index contributed by atoms with van der Waals surface area (Å²) in [5.74, 6) is 1.48. The molecule has 1 aliphatic rings. The van der Waals surface area contributed by atoms with E-state index >= 15 is 0 Å². The summed E-state index contributed by atoms with van der Waals surface area (Å²) in [4.78, 5) is 13.3. The van der Waals surface area contributed by atoms with Gasteiger partial charge in [0.1, 0.15) is 11.7 Å². The highest BCUT2D eigenvalue weighted by Crippen LogP contribution is 2.47. The zero-order valence-corrected chi connectivity index (χ0v) is 15.9. The van der Waals surface area contributed by atoms with Crippen LogP contribution in [0.4, 0.5) is 17.3 Å². The average molecular weight is 359 g/mol. The normalized spacial score (nSPS) is 17.6. The van der Waals surface area contributed by atoms with Gasteiger partial charge in [-0.15, -0.1) is 0 Å². The maximum atomic E-state index is 8.66. The lowest BCUT2D eigenvalue weighted by Gasteiger charge is -2.32. The van der Waals surface area contributed by atoms with Crippen molar-refractivity contribution in [3.8, 4) is 0 Å². The molecule has 1 atom stereocenters. The van der Waals surface area contributed by atoms with Gasteiger partial charge in [0.25, 0.3) is 0 Å². The Kier molecular flexibility index (Phi) is 3.18. The molecule has 0 bridgehead atoms. The molecule has 5 heteroatoms. The minimum Gasteiger partial charge on any atom is -0.454 e. The molecule has 0 spiro atoms. The molecule has 2 aromatic heterocycles. The lowest BCUT2D eigenvalue weighted by Crippen LogP contribution is -2.42. The van der Waals surface area contributed by atoms with Crippen LogP contribution in [-0.4, -0.2) is 22.2 Å². The van der Waals surface area contributed by atoms with Gasteiger partial charge in [0.15, 0.2) is 17.2 Å². The van der Waals surface area contributed by atoms with E-state index in [0.29, 0.717) is 0 Å². The van der Waals surface area contributed by atoms with Crippen LogP contribution < -0.4 is 9.80 Å². The van der Waals surface area contributed by atoms with E-state index in [1.165, 1.54) is 0 Å². The van der Waals surface area contributed by atoms with Crippen LogP contribution in [0.3, 0.4) is 0 Å². The summed E-state index contributed by atoms with van der Waals surface area (Å²) < 4.78 is 15.0. The maximum absolute atomic E-state index is 8.66. The van der Waals surface area contributed by atoms with Gasteiger partial charge in [-0.1, -0.05) is 30.3 Å². The smallest absolute Gasteiger partial charge is 0.178 e. The largest absolute Gasteiger partial charge is 0.454 e. The molecule has 5 nitrogen and oxygen atoms in total. The lowest BCUT2D eigenvalue weighted by atomic mass is 10.1. The number of aromatic nitrogens is 2. The van der Waals surface area contributed by atoms with Crippen molar-refractivity contribution < 1.29 is 5.79 Å². The number of anilines is 3. The maximum Gasteiger partial charge on any atom is 0.178 e. The summed E-state index contributed by atoms with van der Waals surface area (Å²) in [6.45, 7) is 7.92. The van der Waals surface area contributed by atoms with E-state index in [2.05, 4.69) is 46.9 Å². The van der Waals surface area contributed by atoms with E-state index in [1.807, 2.05) is 36.9 Å². The first-order chi connectivity index (χ1) is 13.4. The Morgan fingerprint density at radius 3 is 2.56 bits per heavy atom. The molecular formula is C22H22N4O. The number of fused-ring (bicyclic) bond motifs is 4. The Bertz CT molecular complexity index is 1210. The molecule has 0 N–H and O–H groups in total. The third kappa shape index (κ3) is 2.17. The van der Waals surface area contributed by atoms with Gasteiger partial charge >= 0.3 is 0 Å². The molecule has 0 radical (unpaired) electrons. The first-order valence-corrected chi connectivity index (χ1v) is 9.18. The summed E-state index contributed by atoms with van der Waals surface area (Å²) >= 11 is 0. The second-order valence-corrected chi connectivity index (χ2v) is 7.23. The fourth-order valence-corrected chi connectivity index (χ4v) is 4.18. The third-order valence-corrected chi connectivity index (χ3v) is 5.31. The monoisotopic (exact) mass is 359 g/mol. The van der Waals surface area contributed by atoms with Gasteiger partial charge in [-0.05, 0) is 39.3 Å². The molecule has 0 aliphatic carbocycles. The fourth-order valence-electron chi connectivity index (χ4n) is 4.18. The van der Waals surface area contributed by atoms with Crippen LogP contribution in [0, 0.1) is 6.92 Å². The Balaban J connectivity index is 1.82. The summed E-state index contributed by atoms with van der Waals surface area (Å²) in [5, 5.41) is 2.18. The summed E-state index contributed by atoms with van der Waals surface area (Å²) in [5.41, 5.74) is 3.79. The van der Waals surface area contributed by atoms with Gasteiger partial charge in [0.05, 0.1) is 7.06 Å². The van der Waals surface area contributed by atoms with Gasteiger partial charge in [-0.3, -0.25) is 4.90 Å². The fraction of sp³-hybridized carbons (Fsp3) is 0.273. The SMILES string of the molecule is [2H]C(C)(C)N1c2nccnc2N(c2c(C)ccc3c2oc2ccccc23)[C@H]1C. The number of benzene rings is 2. The number of hydrogen-bond acceptors (Lipinski definition) is 5. The number of furan rings is 1. The van der Waals surface area contributed by atoms with Crippen molar-refractivity contribution in [3.63, 3.8) is 0 Å². The number of aryl methyl sites for hydroxylation is 1. The Morgan fingerprint density at radius 2 is 1.78 bits per heavy atom. The van der Waals surface area contributed by atoms with Crippen LogP contribution in [0.1, 0.15) is 27.7 Å². The van der Waals surface area contributed by atoms with Crippen LogP contribution >= 0.6 is 0 Å². The molecule has 0 saturated carbocycles. The van der Waals surface area contributed by atoms with Gasteiger partial charge in [0, 0.05) is 29.2 Å². The minimum atomic E-state index is -0.839. The first kappa shape index (κ1) is 15.0. The molecule has 2 aromatic carbocycles. The van der Waals surface area contributed by atoms with Gasteiger partial charge in [-0.25, -0.2) is 9.97 Å². The Labute approximate surface area is 159 Å². The molecule has 0 fully saturated rings. The van der Waals surface area contributed by atoms with Gasteiger partial charge < -0.3 is 9.32 Å². The van der Waals surface area contributed by atoms with Crippen LogP contribution in [-0.2, 0) is 0 Å². The predicted molar refractivity (Wildman–Crippen MR) is 110 cm³/mol. The van der Waals surface area contributed by atoms with E-state index in [9.17, 15) is 0 Å².